The summed E-state index contributed by atoms with van der Waals surface area (Å²) in [6, 6.07) is 3.43. The SMILES string of the molecule is COCCNCCNC(=O)c1cc(OC)c(C)c(OC)c1. The van der Waals surface area contributed by atoms with Crippen molar-refractivity contribution in [1.29, 1.82) is 0 Å². The van der Waals surface area contributed by atoms with Crippen LogP contribution in [-0.4, -0.2) is 53.5 Å². The zero-order chi connectivity index (χ0) is 15.7. The highest BCUT2D eigenvalue weighted by Gasteiger charge is 2.13. The van der Waals surface area contributed by atoms with Crippen LogP contribution in [0.25, 0.3) is 0 Å². The summed E-state index contributed by atoms with van der Waals surface area (Å²) >= 11 is 0. The van der Waals surface area contributed by atoms with Crippen LogP contribution in [0.2, 0.25) is 0 Å². The van der Waals surface area contributed by atoms with Gasteiger partial charge in [-0.05, 0) is 19.1 Å². The lowest BCUT2D eigenvalue weighted by Gasteiger charge is -2.13. The highest BCUT2D eigenvalue weighted by Crippen LogP contribution is 2.29. The number of amides is 1. The Balaban J connectivity index is 2.57. The minimum absolute atomic E-state index is 0.153. The lowest BCUT2D eigenvalue weighted by atomic mass is 10.1. The minimum atomic E-state index is -0.153. The molecule has 0 aromatic heterocycles. The van der Waals surface area contributed by atoms with E-state index in [1.165, 1.54) is 0 Å². The maximum absolute atomic E-state index is 12.1. The number of rotatable bonds is 9. The first-order valence-corrected chi connectivity index (χ1v) is 6.84. The van der Waals surface area contributed by atoms with Crippen LogP contribution < -0.4 is 20.1 Å². The average molecular weight is 296 g/mol. The maximum atomic E-state index is 12.1. The Hall–Kier alpha value is -1.79. The highest BCUT2D eigenvalue weighted by molar-refractivity contribution is 5.95. The summed E-state index contributed by atoms with van der Waals surface area (Å²) < 4.78 is 15.4. The normalized spacial score (nSPS) is 10.3. The van der Waals surface area contributed by atoms with Crippen molar-refractivity contribution in [2.24, 2.45) is 0 Å². The van der Waals surface area contributed by atoms with Gasteiger partial charge in [0.2, 0.25) is 0 Å². The Morgan fingerprint density at radius 1 is 1.05 bits per heavy atom. The molecule has 0 spiro atoms. The van der Waals surface area contributed by atoms with Crippen LogP contribution in [0, 0.1) is 6.92 Å². The van der Waals surface area contributed by atoms with Gasteiger partial charge in [0, 0.05) is 37.9 Å². The van der Waals surface area contributed by atoms with E-state index >= 15 is 0 Å². The third-order valence-corrected chi connectivity index (χ3v) is 3.08. The molecule has 0 atom stereocenters. The van der Waals surface area contributed by atoms with E-state index in [1.807, 2.05) is 6.92 Å². The minimum Gasteiger partial charge on any atom is -0.496 e. The number of hydrogen-bond acceptors (Lipinski definition) is 5. The van der Waals surface area contributed by atoms with Gasteiger partial charge in [-0.25, -0.2) is 0 Å². The van der Waals surface area contributed by atoms with Gasteiger partial charge in [-0.2, -0.15) is 0 Å². The maximum Gasteiger partial charge on any atom is 0.251 e. The molecule has 6 nitrogen and oxygen atoms in total. The first-order valence-electron chi connectivity index (χ1n) is 6.84. The summed E-state index contributed by atoms with van der Waals surface area (Å²) in [6.07, 6.45) is 0. The van der Waals surface area contributed by atoms with Crippen LogP contribution in [0.5, 0.6) is 11.5 Å². The smallest absolute Gasteiger partial charge is 0.251 e. The molecule has 0 fully saturated rings. The Kier molecular flexibility index (Phi) is 7.56. The van der Waals surface area contributed by atoms with Crippen molar-refractivity contribution in [2.75, 3.05) is 47.6 Å². The molecule has 2 N–H and O–H groups in total. The first-order chi connectivity index (χ1) is 10.1. The molecule has 0 radical (unpaired) electrons. The van der Waals surface area contributed by atoms with Gasteiger partial charge in [-0.15, -0.1) is 0 Å². The second-order valence-corrected chi connectivity index (χ2v) is 4.50. The summed E-state index contributed by atoms with van der Waals surface area (Å²) in [5.74, 6) is 1.12. The molecule has 0 bridgehead atoms. The molecule has 0 aliphatic heterocycles. The molecule has 21 heavy (non-hydrogen) atoms. The standard InChI is InChI=1S/C15H24N2O4/c1-11-13(20-3)9-12(10-14(11)21-4)15(18)17-6-5-16-7-8-19-2/h9-10,16H,5-8H2,1-4H3,(H,17,18). The Bertz CT molecular complexity index is 438. The van der Waals surface area contributed by atoms with E-state index in [0.717, 1.165) is 12.1 Å². The third kappa shape index (κ3) is 5.24. The molecule has 1 aromatic rings. The largest absolute Gasteiger partial charge is 0.496 e. The Labute approximate surface area is 125 Å². The fourth-order valence-electron chi connectivity index (χ4n) is 1.88. The van der Waals surface area contributed by atoms with Crippen LogP contribution in [0.3, 0.4) is 0 Å². The summed E-state index contributed by atoms with van der Waals surface area (Å²) in [7, 11) is 4.80. The van der Waals surface area contributed by atoms with Crippen molar-refractivity contribution >= 4 is 5.91 Å². The van der Waals surface area contributed by atoms with E-state index in [9.17, 15) is 4.79 Å². The Morgan fingerprint density at radius 3 is 2.19 bits per heavy atom. The molecule has 118 valence electrons. The number of carbonyl (C=O) groups is 1. The zero-order valence-electron chi connectivity index (χ0n) is 13.1. The number of nitrogens with one attached hydrogen (secondary N) is 2. The summed E-state index contributed by atoms with van der Waals surface area (Å²) in [5, 5.41) is 6.00. The third-order valence-electron chi connectivity index (χ3n) is 3.08. The van der Waals surface area contributed by atoms with Gasteiger partial charge in [-0.1, -0.05) is 0 Å². The molecule has 1 rings (SSSR count). The van der Waals surface area contributed by atoms with Crippen molar-refractivity contribution in [2.45, 2.75) is 6.92 Å². The lowest BCUT2D eigenvalue weighted by Crippen LogP contribution is -2.33. The van der Waals surface area contributed by atoms with Crippen LogP contribution in [-0.2, 0) is 4.74 Å². The molecule has 6 heteroatoms. The van der Waals surface area contributed by atoms with E-state index in [4.69, 9.17) is 14.2 Å². The molecule has 0 heterocycles. The summed E-state index contributed by atoms with van der Waals surface area (Å²) in [6.45, 7) is 4.54. The van der Waals surface area contributed by atoms with Gasteiger partial charge in [-0.3, -0.25) is 4.79 Å². The average Bonchev–Trinajstić information content (AvgIpc) is 2.50. The van der Waals surface area contributed by atoms with Crippen molar-refractivity contribution in [1.82, 2.24) is 10.6 Å². The molecular formula is C15H24N2O4. The van der Waals surface area contributed by atoms with Crippen LogP contribution in [0.1, 0.15) is 15.9 Å². The second-order valence-electron chi connectivity index (χ2n) is 4.50. The van der Waals surface area contributed by atoms with E-state index in [-0.39, 0.29) is 5.91 Å². The second kappa shape index (κ2) is 9.20. The number of benzene rings is 1. The molecule has 0 saturated carbocycles. The van der Waals surface area contributed by atoms with Crippen molar-refractivity contribution in [3.63, 3.8) is 0 Å². The lowest BCUT2D eigenvalue weighted by molar-refractivity contribution is 0.0953. The number of methoxy groups -OCH3 is 3. The molecule has 1 amide bonds. The van der Waals surface area contributed by atoms with Crippen molar-refractivity contribution in [3.8, 4) is 11.5 Å². The van der Waals surface area contributed by atoms with Gasteiger partial charge < -0.3 is 24.8 Å². The predicted molar refractivity (Wildman–Crippen MR) is 81.4 cm³/mol. The quantitative estimate of drug-likeness (QED) is 0.665. The van der Waals surface area contributed by atoms with E-state index in [2.05, 4.69) is 10.6 Å². The van der Waals surface area contributed by atoms with Crippen LogP contribution >= 0.6 is 0 Å². The monoisotopic (exact) mass is 296 g/mol. The fourth-order valence-corrected chi connectivity index (χ4v) is 1.88. The molecule has 0 aliphatic carbocycles. The molecule has 0 unspecified atom stereocenters. The van der Waals surface area contributed by atoms with E-state index in [1.54, 1.807) is 33.5 Å². The summed E-state index contributed by atoms with van der Waals surface area (Å²) in [4.78, 5) is 12.1. The summed E-state index contributed by atoms with van der Waals surface area (Å²) in [5.41, 5.74) is 1.39. The molecular weight excluding hydrogens is 272 g/mol. The highest BCUT2D eigenvalue weighted by atomic mass is 16.5. The van der Waals surface area contributed by atoms with E-state index < -0.39 is 0 Å². The van der Waals surface area contributed by atoms with Crippen molar-refractivity contribution in [3.05, 3.63) is 23.3 Å². The first kappa shape index (κ1) is 17.3. The van der Waals surface area contributed by atoms with Gasteiger partial charge in [0.1, 0.15) is 11.5 Å². The number of carbonyl (C=O) groups excluding carboxylic acids is 1. The molecule has 0 saturated heterocycles. The van der Waals surface area contributed by atoms with Gasteiger partial charge in [0.15, 0.2) is 0 Å². The fraction of sp³-hybridized carbons (Fsp3) is 0.533. The van der Waals surface area contributed by atoms with Gasteiger partial charge in [0.25, 0.3) is 5.91 Å². The molecule has 0 aliphatic rings. The van der Waals surface area contributed by atoms with Crippen LogP contribution in [0.4, 0.5) is 0 Å². The topological polar surface area (TPSA) is 68.8 Å². The Morgan fingerprint density at radius 2 is 1.67 bits per heavy atom. The van der Waals surface area contributed by atoms with Crippen molar-refractivity contribution < 1.29 is 19.0 Å². The van der Waals surface area contributed by atoms with Gasteiger partial charge in [0.05, 0.1) is 20.8 Å². The molecule has 1 aromatic carbocycles. The number of ether oxygens (including phenoxy) is 3. The predicted octanol–water partition coefficient (Wildman–Crippen LogP) is 0.978. The zero-order valence-corrected chi connectivity index (χ0v) is 13.1. The van der Waals surface area contributed by atoms with Crippen LogP contribution in [0.15, 0.2) is 12.1 Å². The number of hydrogen-bond donors (Lipinski definition) is 2. The van der Waals surface area contributed by atoms with Gasteiger partial charge >= 0.3 is 0 Å². The van der Waals surface area contributed by atoms with E-state index in [0.29, 0.717) is 36.8 Å².